The summed E-state index contributed by atoms with van der Waals surface area (Å²) in [5, 5.41) is 7.26. The molecule has 5 heteroatoms. The zero-order valence-corrected chi connectivity index (χ0v) is 7.02. The number of halogens is 2. The SMILES string of the molecule is O=C(O)[C@@]12O[C@]1(Cl)CC[C@@H]2Cl. The Morgan fingerprint density at radius 1 is 1.73 bits per heavy atom. The molecule has 62 valence electrons. The van der Waals surface area contributed by atoms with Crippen LogP contribution in [0.15, 0.2) is 0 Å². The Labute approximate surface area is 73.2 Å². The van der Waals surface area contributed by atoms with Crippen LogP contribution in [-0.2, 0) is 9.53 Å². The molecule has 1 N–H and O–H groups in total. The normalized spacial score (nSPS) is 53.8. The molecule has 1 aliphatic carbocycles. The molecular formula is C6H6Cl2O3. The standard InChI is InChI=1S/C6H6Cl2O3/c7-3-1-2-5(8)6(3,11-5)4(9)10/h3H,1-2H2,(H,9,10)/t3-,5+,6+/m0/s1. The quantitative estimate of drug-likeness (QED) is 0.507. The highest BCUT2D eigenvalue weighted by molar-refractivity contribution is 6.33. The van der Waals surface area contributed by atoms with Crippen LogP contribution in [0.1, 0.15) is 12.8 Å². The van der Waals surface area contributed by atoms with Gasteiger partial charge in [-0.25, -0.2) is 4.79 Å². The Hall–Kier alpha value is 0.01000. The first-order chi connectivity index (χ1) is 5.03. The summed E-state index contributed by atoms with van der Waals surface area (Å²) in [4.78, 5) is 10.7. The van der Waals surface area contributed by atoms with Crippen LogP contribution in [0.25, 0.3) is 0 Å². The molecule has 2 rings (SSSR count). The van der Waals surface area contributed by atoms with E-state index in [1.165, 1.54) is 0 Å². The van der Waals surface area contributed by atoms with Crippen LogP contribution in [0.5, 0.6) is 0 Å². The summed E-state index contributed by atoms with van der Waals surface area (Å²) < 4.78 is 4.94. The van der Waals surface area contributed by atoms with Crippen LogP contribution in [0.3, 0.4) is 0 Å². The monoisotopic (exact) mass is 196 g/mol. The number of hydrogen-bond donors (Lipinski definition) is 1. The Morgan fingerprint density at radius 3 is 2.55 bits per heavy atom. The molecule has 0 bridgehead atoms. The van der Waals surface area contributed by atoms with Gasteiger partial charge in [-0.1, -0.05) is 11.6 Å². The highest BCUT2D eigenvalue weighted by atomic mass is 35.5. The zero-order valence-electron chi connectivity index (χ0n) is 5.51. The molecule has 1 heterocycles. The number of aliphatic carboxylic acids is 1. The summed E-state index contributed by atoms with van der Waals surface area (Å²) in [5.74, 6) is -1.05. The number of rotatable bonds is 1. The summed E-state index contributed by atoms with van der Waals surface area (Å²) in [6.07, 6.45) is 1.13. The van der Waals surface area contributed by atoms with Crippen molar-refractivity contribution >= 4 is 29.2 Å². The third-order valence-corrected chi connectivity index (χ3v) is 3.39. The van der Waals surface area contributed by atoms with E-state index in [0.29, 0.717) is 12.8 Å². The predicted octanol–water partition coefficient (Wildman–Crippen LogP) is 1.18. The number of alkyl halides is 2. The van der Waals surface area contributed by atoms with Crippen molar-refractivity contribution < 1.29 is 14.6 Å². The van der Waals surface area contributed by atoms with E-state index in [1.807, 2.05) is 0 Å². The number of ether oxygens (including phenoxy) is 1. The molecule has 3 atom stereocenters. The van der Waals surface area contributed by atoms with Gasteiger partial charge in [-0.15, -0.1) is 11.6 Å². The topological polar surface area (TPSA) is 49.8 Å². The summed E-state index contributed by atoms with van der Waals surface area (Å²) >= 11 is 11.6. The number of fused-ring (bicyclic) bond motifs is 1. The van der Waals surface area contributed by atoms with Crippen LogP contribution in [0, 0.1) is 0 Å². The van der Waals surface area contributed by atoms with E-state index in [0.717, 1.165) is 0 Å². The van der Waals surface area contributed by atoms with E-state index in [1.54, 1.807) is 0 Å². The van der Waals surface area contributed by atoms with Gasteiger partial charge in [-0.05, 0) is 12.8 Å². The molecule has 1 saturated heterocycles. The second-order valence-electron chi connectivity index (χ2n) is 2.88. The maximum absolute atomic E-state index is 10.7. The summed E-state index contributed by atoms with van der Waals surface area (Å²) in [7, 11) is 0. The lowest BCUT2D eigenvalue weighted by Gasteiger charge is -2.06. The molecule has 3 nitrogen and oxygen atoms in total. The molecule has 11 heavy (non-hydrogen) atoms. The first kappa shape index (κ1) is 7.65. The molecular weight excluding hydrogens is 191 g/mol. The average Bonchev–Trinajstić information content (AvgIpc) is 2.47. The minimum Gasteiger partial charge on any atom is -0.479 e. The van der Waals surface area contributed by atoms with Crippen LogP contribution in [-0.4, -0.2) is 27.1 Å². The lowest BCUT2D eigenvalue weighted by atomic mass is 10.1. The van der Waals surface area contributed by atoms with Crippen molar-refractivity contribution in [3.63, 3.8) is 0 Å². The third kappa shape index (κ3) is 0.668. The van der Waals surface area contributed by atoms with Gasteiger partial charge in [0.05, 0.1) is 5.38 Å². The molecule has 1 saturated carbocycles. The zero-order chi connectivity index (χ0) is 8.28. The first-order valence-electron chi connectivity index (χ1n) is 3.29. The molecule has 0 spiro atoms. The van der Waals surface area contributed by atoms with E-state index < -0.39 is 22.0 Å². The Bertz CT molecular complexity index is 232. The number of carboxylic acids is 1. The lowest BCUT2D eigenvalue weighted by molar-refractivity contribution is -0.143. The fraction of sp³-hybridized carbons (Fsp3) is 0.833. The summed E-state index contributed by atoms with van der Waals surface area (Å²) in [6.45, 7) is 0. The number of hydrogen-bond acceptors (Lipinski definition) is 2. The van der Waals surface area contributed by atoms with E-state index >= 15 is 0 Å². The Kier molecular flexibility index (Phi) is 1.28. The summed E-state index contributed by atoms with van der Waals surface area (Å²) in [6, 6.07) is 0. The van der Waals surface area contributed by atoms with E-state index in [-0.39, 0.29) is 0 Å². The van der Waals surface area contributed by atoms with Crippen LogP contribution in [0.4, 0.5) is 0 Å². The largest absolute Gasteiger partial charge is 0.479 e. The number of carboxylic acid groups (broad SMARTS) is 1. The lowest BCUT2D eigenvalue weighted by Crippen LogP contribution is -2.34. The van der Waals surface area contributed by atoms with Crippen molar-refractivity contribution in [3.05, 3.63) is 0 Å². The second-order valence-corrected chi connectivity index (χ2v) is 4.01. The van der Waals surface area contributed by atoms with Gasteiger partial charge in [0.2, 0.25) is 5.60 Å². The maximum Gasteiger partial charge on any atom is 0.342 e. The van der Waals surface area contributed by atoms with Gasteiger partial charge in [0, 0.05) is 0 Å². The van der Waals surface area contributed by atoms with E-state index in [2.05, 4.69) is 0 Å². The minimum atomic E-state index is -1.30. The van der Waals surface area contributed by atoms with Crippen LogP contribution >= 0.6 is 23.2 Å². The Morgan fingerprint density at radius 2 is 2.36 bits per heavy atom. The second kappa shape index (κ2) is 1.84. The van der Waals surface area contributed by atoms with Gasteiger partial charge >= 0.3 is 5.97 Å². The molecule has 0 radical (unpaired) electrons. The van der Waals surface area contributed by atoms with Crippen molar-refractivity contribution in [1.29, 1.82) is 0 Å². The molecule has 0 aromatic rings. The minimum absolute atomic E-state index is 0.488. The molecule has 1 aliphatic heterocycles. The molecule has 2 aliphatic rings. The fourth-order valence-corrected chi connectivity index (χ4v) is 2.54. The smallest absolute Gasteiger partial charge is 0.342 e. The molecule has 0 unspecified atom stereocenters. The van der Waals surface area contributed by atoms with Gasteiger partial charge < -0.3 is 9.84 Å². The third-order valence-electron chi connectivity index (χ3n) is 2.31. The van der Waals surface area contributed by atoms with Crippen molar-refractivity contribution in [2.75, 3.05) is 0 Å². The highest BCUT2D eigenvalue weighted by Crippen LogP contribution is 2.64. The number of carbonyl (C=O) groups is 1. The van der Waals surface area contributed by atoms with Crippen molar-refractivity contribution in [2.24, 2.45) is 0 Å². The summed E-state index contributed by atoms with van der Waals surface area (Å²) in [5.41, 5.74) is -1.30. The first-order valence-corrected chi connectivity index (χ1v) is 4.11. The molecule has 0 aromatic carbocycles. The maximum atomic E-state index is 10.7. The van der Waals surface area contributed by atoms with Gasteiger partial charge in [0.25, 0.3) is 0 Å². The predicted molar refractivity (Wildman–Crippen MR) is 38.9 cm³/mol. The van der Waals surface area contributed by atoms with Gasteiger partial charge in [-0.2, -0.15) is 0 Å². The highest BCUT2D eigenvalue weighted by Gasteiger charge is 2.81. The van der Waals surface area contributed by atoms with E-state index in [9.17, 15) is 4.79 Å². The van der Waals surface area contributed by atoms with Gasteiger partial charge in [-0.3, -0.25) is 0 Å². The van der Waals surface area contributed by atoms with Crippen molar-refractivity contribution in [2.45, 2.75) is 28.9 Å². The molecule has 0 aromatic heterocycles. The van der Waals surface area contributed by atoms with Crippen molar-refractivity contribution in [3.8, 4) is 0 Å². The average molecular weight is 197 g/mol. The Balaban J connectivity index is 2.34. The fourth-order valence-electron chi connectivity index (χ4n) is 1.62. The van der Waals surface area contributed by atoms with Crippen LogP contribution in [0.2, 0.25) is 0 Å². The van der Waals surface area contributed by atoms with E-state index in [4.69, 9.17) is 33.0 Å². The number of epoxide rings is 1. The molecule has 0 amide bonds. The molecule has 2 fully saturated rings. The van der Waals surface area contributed by atoms with Crippen LogP contribution < -0.4 is 0 Å². The van der Waals surface area contributed by atoms with Crippen molar-refractivity contribution in [1.82, 2.24) is 0 Å². The van der Waals surface area contributed by atoms with Gasteiger partial charge in [0.15, 0.2) is 5.06 Å². The van der Waals surface area contributed by atoms with Gasteiger partial charge in [0.1, 0.15) is 0 Å².